The molecule has 0 atom stereocenters. The number of aliphatic carboxylic acids is 1. The van der Waals surface area contributed by atoms with Crippen LogP contribution in [0.15, 0.2) is 48.7 Å². The van der Waals surface area contributed by atoms with Crippen molar-refractivity contribution in [1.29, 1.82) is 0 Å². The number of aromatic nitrogens is 2. The van der Waals surface area contributed by atoms with E-state index in [0.717, 1.165) is 29.7 Å². The maximum Gasteiger partial charge on any atom is 0.573 e. The molecule has 0 aliphatic heterocycles. The van der Waals surface area contributed by atoms with E-state index in [1.165, 1.54) is 38.1 Å². The lowest BCUT2D eigenvalue weighted by Gasteiger charge is -2.23. The molecule has 36 heavy (non-hydrogen) atoms. The van der Waals surface area contributed by atoms with Crippen molar-refractivity contribution in [1.82, 2.24) is 9.97 Å². The highest BCUT2D eigenvalue weighted by Crippen LogP contribution is 2.41. The Morgan fingerprint density at radius 3 is 2.31 bits per heavy atom. The van der Waals surface area contributed by atoms with Crippen molar-refractivity contribution in [2.45, 2.75) is 58.1 Å². The Bertz CT molecular complexity index is 1260. The molecular weight excluding hydrogens is 477 g/mol. The van der Waals surface area contributed by atoms with E-state index < -0.39 is 17.9 Å². The molecule has 2 aromatic carbocycles. The lowest BCUT2D eigenvalue weighted by atomic mass is 10.1. The predicted molar refractivity (Wildman–Crippen MR) is 124 cm³/mol. The van der Waals surface area contributed by atoms with E-state index in [1.54, 1.807) is 31.3 Å². The zero-order chi connectivity index (χ0) is 26.1. The molecule has 0 amide bonds. The lowest BCUT2D eigenvalue weighted by Crippen LogP contribution is -2.38. The molecule has 7 nitrogen and oxygen atoms in total. The number of halogens is 3. The number of benzene rings is 2. The first kappa shape index (κ1) is 25.3. The minimum absolute atomic E-state index is 0.227. The highest BCUT2D eigenvalue weighted by atomic mass is 19.4. The van der Waals surface area contributed by atoms with E-state index in [1.807, 2.05) is 0 Å². The van der Waals surface area contributed by atoms with Gasteiger partial charge in [-0.15, -0.1) is 13.2 Å². The second kappa shape index (κ2) is 9.67. The average molecular weight is 502 g/mol. The van der Waals surface area contributed by atoms with Gasteiger partial charge in [0.2, 0.25) is 0 Å². The number of nitrogens with zero attached hydrogens (tertiary/aromatic N) is 2. The highest BCUT2D eigenvalue weighted by Gasteiger charge is 2.32. The summed E-state index contributed by atoms with van der Waals surface area (Å²) in [6.07, 6.45) is -1.09. The molecule has 1 heterocycles. The first-order valence-electron chi connectivity index (χ1n) is 11.3. The monoisotopic (exact) mass is 502 g/mol. The first-order chi connectivity index (χ1) is 16.9. The molecule has 1 aliphatic rings. The third-order valence-electron chi connectivity index (χ3n) is 5.63. The van der Waals surface area contributed by atoms with Crippen molar-refractivity contribution in [2.75, 3.05) is 0 Å². The van der Waals surface area contributed by atoms with Crippen molar-refractivity contribution in [3.8, 4) is 28.6 Å². The van der Waals surface area contributed by atoms with Gasteiger partial charge in [0.05, 0.1) is 5.69 Å². The summed E-state index contributed by atoms with van der Waals surface area (Å²) in [5.74, 6) is 0.360. The van der Waals surface area contributed by atoms with E-state index in [4.69, 9.17) is 9.47 Å². The summed E-state index contributed by atoms with van der Waals surface area (Å²) in [5.41, 5.74) is 1.62. The maximum atomic E-state index is 12.4. The van der Waals surface area contributed by atoms with Crippen molar-refractivity contribution in [3.05, 3.63) is 65.5 Å². The van der Waals surface area contributed by atoms with Gasteiger partial charge in [-0.25, -0.2) is 14.8 Å². The van der Waals surface area contributed by atoms with Crippen LogP contribution in [0.5, 0.6) is 17.2 Å². The maximum absolute atomic E-state index is 12.4. The topological polar surface area (TPSA) is 90.8 Å². The minimum atomic E-state index is -4.75. The zero-order valence-electron chi connectivity index (χ0n) is 19.9. The van der Waals surface area contributed by atoms with Gasteiger partial charge >= 0.3 is 12.3 Å². The van der Waals surface area contributed by atoms with Crippen molar-refractivity contribution in [2.24, 2.45) is 0 Å². The summed E-state index contributed by atoms with van der Waals surface area (Å²) in [6.45, 7) is 4.99. The fraction of sp³-hybridized carbons (Fsp3) is 0.346. The summed E-state index contributed by atoms with van der Waals surface area (Å²) in [6, 6.07) is 10.6. The number of hydrogen-bond donors (Lipinski definition) is 1. The molecule has 1 N–H and O–H groups in total. The van der Waals surface area contributed by atoms with Gasteiger partial charge in [0.15, 0.2) is 11.4 Å². The Morgan fingerprint density at radius 2 is 1.72 bits per heavy atom. The van der Waals surface area contributed by atoms with Gasteiger partial charge in [-0.2, -0.15) is 0 Å². The number of carbonyl (C=O) groups is 1. The van der Waals surface area contributed by atoms with Crippen LogP contribution in [-0.4, -0.2) is 33.0 Å². The number of hydrogen-bond acceptors (Lipinski definition) is 6. The van der Waals surface area contributed by atoms with Gasteiger partial charge in [-0.3, -0.25) is 0 Å². The summed E-state index contributed by atoms with van der Waals surface area (Å²) in [5, 5.41) is 9.27. The molecule has 190 valence electrons. The first-order valence-corrected chi connectivity index (χ1v) is 11.3. The van der Waals surface area contributed by atoms with E-state index in [2.05, 4.69) is 14.7 Å². The third-order valence-corrected chi connectivity index (χ3v) is 5.63. The summed E-state index contributed by atoms with van der Waals surface area (Å²) in [7, 11) is 0. The minimum Gasteiger partial charge on any atom is -0.489 e. The summed E-state index contributed by atoms with van der Waals surface area (Å²) < 4.78 is 52.7. The number of ether oxygens (including phenoxy) is 3. The number of carboxylic acid groups (broad SMARTS) is 1. The quantitative estimate of drug-likeness (QED) is 0.381. The zero-order valence-corrected chi connectivity index (χ0v) is 19.9. The van der Waals surface area contributed by atoms with Crippen LogP contribution in [0.25, 0.3) is 11.4 Å². The van der Waals surface area contributed by atoms with Crippen molar-refractivity contribution in [3.63, 3.8) is 0 Å². The lowest BCUT2D eigenvalue weighted by molar-refractivity contribution is -0.274. The molecule has 0 radical (unpaired) electrons. The third kappa shape index (κ3) is 6.24. The Hall–Kier alpha value is -3.82. The average Bonchev–Trinajstić information content (AvgIpc) is 3.64. The van der Waals surface area contributed by atoms with E-state index in [9.17, 15) is 23.1 Å². The molecule has 0 bridgehead atoms. The largest absolute Gasteiger partial charge is 0.573 e. The van der Waals surface area contributed by atoms with Crippen LogP contribution in [0.2, 0.25) is 0 Å². The van der Waals surface area contributed by atoms with Crippen LogP contribution in [0, 0.1) is 6.92 Å². The van der Waals surface area contributed by atoms with Gasteiger partial charge in [0.25, 0.3) is 0 Å². The van der Waals surface area contributed by atoms with Crippen LogP contribution in [0.4, 0.5) is 13.2 Å². The van der Waals surface area contributed by atoms with Crippen LogP contribution in [0.1, 0.15) is 49.4 Å². The molecule has 10 heteroatoms. The Kier molecular flexibility index (Phi) is 6.79. The Morgan fingerprint density at radius 1 is 1.06 bits per heavy atom. The standard InChI is InChI=1S/C26H25F3N2O5/c1-15-12-20(10-11-21(15)36-25(2,3)24(32)33)34-14-18-13-30-23(31-22(18)16-4-5-16)17-6-8-19(9-7-17)35-26(27,28)29/h6-13,16H,4-5,14H2,1-3H3,(H,32,33). The highest BCUT2D eigenvalue weighted by molar-refractivity contribution is 5.76. The molecule has 0 unspecified atom stereocenters. The molecule has 1 aliphatic carbocycles. The molecular formula is C26H25F3N2O5. The SMILES string of the molecule is Cc1cc(OCc2cnc(-c3ccc(OC(F)(F)F)cc3)nc2C2CC2)ccc1OC(C)(C)C(=O)O. The number of carboxylic acids is 1. The van der Waals surface area contributed by atoms with Gasteiger partial charge in [-0.1, -0.05) is 0 Å². The van der Waals surface area contributed by atoms with E-state index in [-0.39, 0.29) is 18.3 Å². The molecule has 1 saturated carbocycles. The molecule has 4 rings (SSSR count). The van der Waals surface area contributed by atoms with Crippen molar-refractivity contribution >= 4 is 5.97 Å². The molecule has 0 spiro atoms. The number of aryl methyl sites for hydroxylation is 1. The van der Waals surface area contributed by atoms with Crippen molar-refractivity contribution < 1.29 is 37.3 Å². The van der Waals surface area contributed by atoms with Gasteiger partial charge in [0.1, 0.15) is 23.9 Å². The van der Waals surface area contributed by atoms with Crippen LogP contribution in [-0.2, 0) is 11.4 Å². The Labute approximate surface area is 205 Å². The molecule has 1 fully saturated rings. The molecule has 3 aromatic rings. The predicted octanol–water partition coefficient (Wildman–Crippen LogP) is 6.05. The van der Waals surface area contributed by atoms with E-state index in [0.29, 0.717) is 22.9 Å². The fourth-order valence-electron chi connectivity index (χ4n) is 3.49. The normalized spacial score (nSPS) is 13.8. The van der Waals surface area contributed by atoms with E-state index >= 15 is 0 Å². The number of alkyl halides is 3. The van der Waals surface area contributed by atoms with Crippen LogP contribution < -0.4 is 14.2 Å². The van der Waals surface area contributed by atoms with Gasteiger partial charge in [-0.05, 0) is 81.6 Å². The number of rotatable bonds is 9. The fourth-order valence-corrected chi connectivity index (χ4v) is 3.49. The second-order valence-corrected chi connectivity index (χ2v) is 9.08. The van der Waals surface area contributed by atoms with Crippen LogP contribution in [0.3, 0.4) is 0 Å². The second-order valence-electron chi connectivity index (χ2n) is 9.08. The van der Waals surface area contributed by atoms with Crippen LogP contribution >= 0.6 is 0 Å². The summed E-state index contributed by atoms with van der Waals surface area (Å²) >= 11 is 0. The Balaban J connectivity index is 1.47. The summed E-state index contributed by atoms with van der Waals surface area (Å²) in [4.78, 5) is 20.4. The van der Waals surface area contributed by atoms with Gasteiger partial charge < -0.3 is 19.3 Å². The molecule has 1 aromatic heterocycles. The van der Waals surface area contributed by atoms with Gasteiger partial charge in [0, 0.05) is 23.2 Å². The smallest absolute Gasteiger partial charge is 0.489 e. The molecule has 0 saturated heterocycles.